The normalized spacial score (nSPS) is 19.7. The lowest BCUT2D eigenvalue weighted by Gasteiger charge is -2.35. The molecule has 2 aliphatic heterocycles. The Morgan fingerprint density at radius 2 is 2.00 bits per heavy atom. The van der Waals surface area contributed by atoms with E-state index in [2.05, 4.69) is 22.5 Å². The van der Waals surface area contributed by atoms with Crippen molar-refractivity contribution < 1.29 is 9.53 Å². The number of anilines is 4. The van der Waals surface area contributed by atoms with Gasteiger partial charge in [-0.3, -0.25) is 4.79 Å². The van der Waals surface area contributed by atoms with Gasteiger partial charge in [-0.25, -0.2) is 0 Å². The molecule has 0 bridgehead atoms. The SMILES string of the molecule is CC1Nc2cc(C(=O)Nc3ccccc3N)ccc2N1C1CCOCC1. The minimum absolute atomic E-state index is 0.162. The van der Waals surface area contributed by atoms with Crippen molar-refractivity contribution in [3.8, 4) is 0 Å². The molecule has 2 aliphatic rings. The summed E-state index contributed by atoms with van der Waals surface area (Å²) in [6.45, 7) is 3.77. The molecule has 136 valence electrons. The number of carbonyl (C=O) groups excluding carboxylic acids is 1. The van der Waals surface area contributed by atoms with Gasteiger partial charge in [-0.1, -0.05) is 12.1 Å². The van der Waals surface area contributed by atoms with E-state index in [9.17, 15) is 4.79 Å². The van der Waals surface area contributed by atoms with Crippen LogP contribution in [0.3, 0.4) is 0 Å². The van der Waals surface area contributed by atoms with Gasteiger partial charge in [-0.2, -0.15) is 0 Å². The van der Waals surface area contributed by atoms with Crippen LogP contribution >= 0.6 is 0 Å². The number of hydrogen-bond donors (Lipinski definition) is 3. The molecular formula is C20H24N4O2. The van der Waals surface area contributed by atoms with Crippen LogP contribution < -0.4 is 21.3 Å². The molecular weight excluding hydrogens is 328 g/mol. The molecule has 0 spiro atoms. The monoisotopic (exact) mass is 352 g/mol. The van der Waals surface area contributed by atoms with E-state index in [1.54, 1.807) is 12.1 Å². The Bertz CT molecular complexity index is 817. The molecule has 0 aliphatic carbocycles. The third kappa shape index (κ3) is 3.08. The van der Waals surface area contributed by atoms with Gasteiger partial charge in [0.2, 0.25) is 0 Å². The van der Waals surface area contributed by atoms with Crippen LogP contribution in [-0.4, -0.2) is 31.3 Å². The van der Waals surface area contributed by atoms with Gasteiger partial charge in [0.25, 0.3) is 5.91 Å². The molecule has 2 aromatic rings. The van der Waals surface area contributed by atoms with E-state index < -0.39 is 0 Å². The van der Waals surface area contributed by atoms with E-state index in [4.69, 9.17) is 10.5 Å². The highest BCUT2D eigenvalue weighted by atomic mass is 16.5. The first-order valence-electron chi connectivity index (χ1n) is 9.06. The van der Waals surface area contributed by atoms with Gasteiger partial charge in [-0.15, -0.1) is 0 Å². The Morgan fingerprint density at radius 1 is 1.23 bits per heavy atom. The van der Waals surface area contributed by atoms with Crippen LogP contribution in [0.1, 0.15) is 30.1 Å². The predicted molar refractivity (Wildman–Crippen MR) is 105 cm³/mol. The van der Waals surface area contributed by atoms with E-state index >= 15 is 0 Å². The second-order valence-corrected chi connectivity index (χ2v) is 6.84. The van der Waals surface area contributed by atoms with E-state index in [0.717, 1.165) is 37.4 Å². The van der Waals surface area contributed by atoms with Crippen molar-refractivity contribution in [2.24, 2.45) is 0 Å². The average molecular weight is 352 g/mol. The Hall–Kier alpha value is -2.73. The molecule has 1 unspecified atom stereocenters. The van der Waals surface area contributed by atoms with Crippen molar-refractivity contribution >= 4 is 28.7 Å². The van der Waals surface area contributed by atoms with Crippen molar-refractivity contribution in [1.82, 2.24) is 0 Å². The standard InChI is InChI=1S/C20H24N4O2/c1-13-22-18-12-14(20(25)23-17-5-3-2-4-16(17)21)6-7-19(18)24(13)15-8-10-26-11-9-15/h2-7,12-13,15,22H,8-11,21H2,1H3,(H,23,25). The maximum atomic E-state index is 12.6. The van der Waals surface area contributed by atoms with Crippen LogP contribution in [0.15, 0.2) is 42.5 Å². The van der Waals surface area contributed by atoms with Gasteiger partial charge in [-0.05, 0) is 50.1 Å². The zero-order valence-corrected chi connectivity index (χ0v) is 14.9. The highest BCUT2D eigenvalue weighted by molar-refractivity contribution is 6.07. The maximum absolute atomic E-state index is 12.6. The second kappa shape index (κ2) is 6.88. The average Bonchev–Trinajstić information content (AvgIpc) is 2.99. The summed E-state index contributed by atoms with van der Waals surface area (Å²) in [7, 11) is 0. The van der Waals surface area contributed by atoms with Crippen molar-refractivity contribution in [2.45, 2.75) is 32.0 Å². The zero-order valence-electron chi connectivity index (χ0n) is 14.9. The highest BCUT2D eigenvalue weighted by Crippen LogP contribution is 2.38. The van der Waals surface area contributed by atoms with Crippen LogP contribution in [-0.2, 0) is 4.74 Å². The summed E-state index contributed by atoms with van der Waals surface area (Å²) in [5.41, 5.74) is 9.86. The number of nitrogen functional groups attached to an aromatic ring is 1. The second-order valence-electron chi connectivity index (χ2n) is 6.84. The number of amides is 1. The number of nitrogens with zero attached hydrogens (tertiary/aromatic N) is 1. The van der Waals surface area contributed by atoms with Crippen LogP contribution in [0.2, 0.25) is 0 Å². The fraction of sp³-hybridized carbons (Fsp3) is 0.350. The number of nitrogens with two attached hydrogens (primary N) is 1. The molecule has 6 heteroatoms. The maximum Gasteiger partial charge on any atom is 0.255 e. The van der Waals surface area contributed by atoms with Crippen LogP contribution in [0.25, 0.3) is 0 Å². The van der Waals surface area contributed by atoms with Crippen molar-refractivity contribution in [3.05, 3.63) is 48.0 Å². The molecule has 4 N–H and O–H groups in total. The molecule has 1 amide bonds. The quantitative estimate of drug-likeness (QED) is 0.739. The van der Waals surface area contributed by atoms with Gasteiger partial charge in [0.15, 0.2) is 0 Å². The van der Waals surface area contributed by atoms with Crippen LogP contribution in [0.4, 0.5) is 22.7 Å². The van der Waals surface area contributed by atoms with Crippen LogP contribution in [0, 0.1) is 0 Å². The molecule has 26 heavy (non-hydrogen) atoms. The Kier molecular flexibility index (Phi) is 4.42. The lowest BCUT2D eigenvalue weighted by molar-refractivity contribution is 0.0837. The Labute approximate surface area is 153 Å². The smallest absolute Gasteiger partial charge is 0.255 e. The predicted octanol–water partition coefficient (Wildman–Crippen LogP) is 3.28. The fourth-order valence-corrected chi connectivity index (χ4v) is 3.80. The van der Waals surface area contributed by atoms with Crippen LogP contribution in [0.5, 0.6) is 0 Å². The summed E-state index contributed by atoms with van der Waals surface area (Å²) in [4.78, 5) is 15.0. The van der Waals surface area contributed by atoms with E-state index in [1.807, 2.05) is 30.3 Å². The molecule has 0 radical (unpaired) electrons. The summed E-state index contributed by atoms with van der Waals surface area (Å²) >= 11 is 0. The fourth-order valence-electron chi connectivity index (χ4n) is 3.80. The molecule has 1 fully saturated rings. The number of fused-ring (bicyclic) bond motifs is 1. The number of para-hydroxylation sites is 2. The van der Waals surface area contributed by atoms with Gasteiger partial charge in [0.05, 0.1) is 28.9 Å². The lowest BCUT2D eigenvalue weighted by Crippen LogP contribution is -2.44. The highest BCUT2D eigenvalue weighted by Gasteiger charge is 2.32. The summed E-state index contributed by atoms with van der Waals surface area (Å²) < 4.78 is 5.49. The third-order valence-corrected chi connectivity index (χ3v) is 5.11. The Morgan fingerprint density at radius 3 is 2.77 bits per heavy atom. The summed E-state index contributed by atoms with van der Waals surface area (Å²) in [6, 6.07) is 13.6. The topological polar surface area (TPSA) is 79.6 Å². The van der Waals surface area contributed by atoms with E-state index in [-0.39, 0.29) is 12.1 Å². The Balaban J connectivity index is 1.55. The number of benzene rings is 2. The minimum Gasteiger partial charge on any atom is -0.397 e. The molecule has 0 aromatic heterocycles. The van der Waals surface area contributed by atoms with Crippen molar-refractivity contribution in [1.29, 1.82) is 0 Å². The van der Waals surface area contributed by atoms with E-state index in [1.165, 1.54) is 0 Å². The lowest BCUT2D eigenvalue weighted by atomic mass is 10.1. The minimum atomic E-state index is -0.162. The first kappa shape index (κ1) is 16.7. The number of nitrogens with one attached hydrogen (secondary N) is 2. The van der Waals surface area contributed by atoms with Crippen molar-refractivity contribution in [2.75, 3.05) is 34.5 Å². The van der Waals surface area contributed by atoms with E-state index in [0.29, 0.717) is 23.0 Å². The molecule has 0 saturated carbocycles. The van der Waals surface area contributed by atoms with Gasteiger partial charge < -0.3 is 26.0 Å². The first-order valence-corrected chi connectivity index (χ1v) is 9.06. The number of carbonyl (C=O) groups is 1. The molecule has 4 rings (SSSR count). The summed E-state index contributed by atoms with van der Waals surface area (Å²) in [5, 5.41) is 6.38. The third-order valence-electron chi connectivity index (χ3n) is 5.11. The largest absolute Gasteiger partial charge is 0.397 e. The molecule has 2 heterocycles. The zero-order chi connectivity index (χ0) is 18.1. The van der Waals surface area contributed by atoms with Gasteiger partial charge in [0, 0.05) is 24.8 Å². The molecule has 1 saturated heterocycles. The molecule has 6 nitrogen and oxygen atoms in total. The molecule has 1 atom stereocenters. The number of rotatable bonds is 3. The summed E-state index contributed by atoms with van der Waals surface area (Å²) in [5.74, 6) is -0.162. The summed E-state index contributed by atoms with van der Waals surface area (Å²) in [6.07, 6.45) is 2.26. The first-order chi connectivity index (χ1) is 12.6. The molecule has 2 aromatic carbocycles. The van der Waals surface area contributed by atoms with Gasteiger partial charge in [0.1, 0.15) is 0 Å². The number of ether oxygens (including phenoxy) is 1. The van der Waals surface area contributed by atoms with Crippen molar-refractivity contribution in [3.63, 3.8) is 0 Å². The van der Waals surface area contributed by atoms with Gasteiger partial charge >= 0.3 is 0 Å². The number of hydrogen-bond acceptors (Lipinski definition) is 5.